The number of pyridine rings is 1. The van der Waals surface area contributed by atoms with Crippen molar-refractivity contribution in [1.82, 2.24) is 20.4 Å². The SMILES string of the molecule is O[C@@H]1CN[C@H](c2nc(-c3ncc(Br)cc3Br)no2)C1. The summed E-state index contributed by atoms with van der Waals surface area (Å²) in [6.07, 6.45) is 1.89. The van der Waals surface area contributed by atoms with E-state index < -0.39 is 0 Å². The molecule has 2 aromatic heterocycles. The van der Waals surface area contributed by atoms with Crippen LogP contribution in [0.5, 0.6) is 0 Å². The number of nitrogens with zero attached hydrogens (tertiary/aromatic N) is 3. The summed E-state index contributed by atoms with van der Waals surface area (Å²) in [5.74, 6) is 0.903. The summed E-state index contributed by atoms with van der Waals surface area (Å²) in [5, 5.41) is 16.5. The molecule has 1 fully saturated rings. The van der Waals surface area contributed by atoms with Gasteiger partial charge in [0.05, 0.1) is 12.1 Å². The molecule has 0 saturated carbocycles. The molecule has 3 heterocycles. The van der Waals surface area contributed by atoms with Gasteiger partial charge in [-0.15, -0.1) is 0 Å². The van der Waals surface area contributed by atoms with Gasteiger partial charge in [0.2, 0.25) is 11.7 Å². The minimum atomic E-state index is -0.363. The highest BCUT2D eigenvalue weighted by Crippen LogP contribution is 2.28. The topological polar surface area (TPSA) is 84.1 Å². The summed E-state index contributed by atoms with van der Waals surface area (Å²) in [6, 6.07) is 1.78. The Morgan fingerprint density at radius 1 is 1.42 bits per heavy atom. The van der Waals surface area contributed by atoms with Gasteiger partial charge in [-0.25, -0.2) is 0 Å². The molecule has 0 bridgehead atoms. The lowest BCUT2D eigenvalue weighted by atomic mass is 10.2. The summed E-state index contributed by atoms with van der Waals surface area (Å²) in [7, 11) is 0. The number of aliphatic hydroxyl groups is 1. The van der Waals surface area contributed by atoms with Crippen molar-refractivity contribution in [1.29, 1.82) is 0 Å². The lowest BCUT2D eigenvalue weighted by Gasteiger charge is -2.01. The normalized spacial score (nSPS) is 22.9. The van der Waals surface area contributed by atoms with Gasteiger partial charge >= 0.3 is 0 Å². The molecule has 0 aromatic carbocycles. The molecular weight excluding hydrogens is 380 g/mol. The highest BCUT2D eigenvalue weighted by atomic mass is 79.9. The molecule has 0 radical (unpaired) electrons. The minimum Gasteiger partial charge on any atom is -0.392 e. The highest BCUT2D eigenvalue weighted by molar-refractivity contribution is 9.11. The number of aliphatic hydroxyl groups excluding tert-OH is 1. The van der Waals surface area contributed by atoms with Crippen LogP contribution in [0.15, 0.2) is 25.7 Å². The molecule has 2 N–H and O–H groups in total. The zero-order chi connectivity index (χ0) is 13.4. The maximum Gasteiger partial charge on any atom is 0.244 e. The molecule has 8 heteroatoms. The molecule has 3 rings (SSSR count). The zero-order valence-corrected chi connectivity index (χ0v) is 12.8. The average Bonchev–Trinajstić information content (AvgIpc) is 2.97. The molecule has 2 aromatic rings. The predicted octanol–water partition coefficient (Wildman–Crippen LogP) is 2.05. The minimum absolute atomic E-state index is 0.0922. The highest BCUT2D eigenvalue weighted by Gasteiger charge is 2.28. The van der Waals surface area contributed by atoms with Crippen LogP contribution in [-0.4, -0.2) is 32.9 Å². The van der Waals surface area contributed by atoms with Crippen LogP contribution < -0.4 is 5.32 Å². The van der Waals surface area contributed by atoms with Crippen molar-refractivity contribution < 1.29 is 9.63 Å². The van der Waals surface area contributed by atoms with Crippen molar-refractivity contribution in [2.45, 2.75) is 18.6 Å². The first-order chi connectivity index (χ1) is 9.13. The van der Waals surface area contributed by atoms with Crippen LogP contribution in [0.4, 0.5) is 0 Å². The van der Waals surface area contributed by atoms with Crippen molar-refractivity contribution >= 4 is 31.9 Å². The van der Waals surface area contributed by atoms with E-state index in [0.29, 0.717) is 30.4 Å². The molecule has 1 aliphatic heterocycles. The molecule has 1 aliphatic rings. The molecule has 6 nitrogen and oxygen atoms in total. The largest absolute Gasteiger partial charge is 0.392 e. The van der Waals surface area contributed by atoms with Crippen LogP contribution in [0.1, 0.15) is 18.4 Å². The number of halogens is 2. The second-order valence-corrected chi connectivity index (χ2v) is 6.06. The first-order valence-corrected chi connectivity index (χ1v) is 7.28. The van der Waals surface area contributed by atoms with E-state index in [4.69, 9.17) is 4.52 Å². The lowest BCUT2D eigenvalue weighted by molar-refractivity contribution is 0.191. The number of β-amino-alcohol motifs (C(OH)–C–C–N with tert-alkyl or cyclic N) is 1. The Morgan fingerprint density at radius 3 is 2.95 bits per heavy atom. The summed E-state index contributed by atoms with van der Waals surface area (Å²) >= 11 is 6.76. The Bertz CT molecular complexity index is 604. The van der Waals surface area contributed by atoms with Crippen molar-refractivity contribution in [3.63, 3.8) is 0 Å². The second kappa shape index (κ2) is 5.28. The molecule has 1 saturated heterocycles. The molecule has 100 valence electrons. The van der Waals surface area contributed by atoms with Crippen LogP contribution in [0.25, 0.3) is 11.5 Å². The zero-order valence-electron chi connectivity index (χ0n) is 9.68. The maximum atomic E-state index is 9.48. The third kappa shape index (κ3) is 2.71. The van der Waals surface area contributed by atoms with Crippen molar-refractivity contribution in [2.24, 2.45) is 0 Å². The van der Waals surface area contributed by atoms with Gasteiger partial charge in [-0.1, -0.05) is 5.16 Å². The smallest absolute Gasteiger partial charge is 0.244 e. The van der Waals surface area contributed by atoms with Gasteiger partial charge in [0.15, 0.2) is 0 Å². The summed E-state index contributed by atoms with van der Waals surface area (Å²) in [4.78, 5) is 8.58. The Labute approximate surface area is 125 Å². The second-order valence-electron chi connectivity index (χ2n) is 4.29. The lowest BCUT2D eigenvalue weighted by Crippen LogP contribution is -2.15. The Balaban J connectivity index is 1.88. The van der Waals surface area contributed by atoms with E-state index in [9.17, 15) is 5.11 Å². The fraction of sp³-hybridized carbons (Fsp3) is 0.364. The molecular formula is C11H10Br2N4O2. The maximum absolute atomic E-state index is 9.48. The van der Waals surface area contributed by atoms with Crippen LogP contribution >= 0.6 is 31.9 Å². The average molecular weight is 390 g/mol. The van der Waals surface area contributed by atoms with Crippen molar-refractivity contribution in [3.05, 3.63) is 27.1 Å². The number of rotatable bonds is 2. The third-order valence-electron chi connectivity index (χ3n) is 2.87. The molecule has 19 heavy (non-hydrogen) atoms. The van der Waals surface area contributed by atoms with Crippen LogP contribution in [0.2, 0.25) is 0 Å². The van der Waals surface area contributed by atoms with E-state index >= 15 is 0 Å². The fourth-order valence-corrected chi connectivity index (χ4v) is 3.12. The fourth-order valence-electron chi connectivity index (χ4n) is 1.96. The van der Waals surface area contributed by atoms with E-state index in [1.54, 1.807) is 6.20 Å². The number of aromatic nitrogens is 3. The molecule has 0 unspecified atom stereocenters. The Kier molecular flexibility index (Phi) is 3.66. The molecule has 0 amide bonds. The van der Waals surface area contributed by atoms with Crippen LogP contribution in [-0.2, 0) is 0 Å². The predicted molar refractivity (Wildman–Crippen MR) is 74.3 cm³/mol. The number of nitrogens with one attached hydrogen (secondary N) is 1. The van der Waals surface area contributed by atoms with Gasteiger partial charge in [-0.2, -0.15) is 4.98 Å². The standard InChI is InChI=1S/C11H10Br2N4O2/c12-5-1-7(13)9(15-3-5)10-16-11(19-17-10)8-2-6(18)4-14-8/h1,3,6,8,14,18H,2,4H2/t6-,8-/m0/s1. The molecule has 0 aliphatic carbocycles. The van der Waals surface area contributed by atoms with E-state index in [-0.39, 0.29) is 12.1 Å². The summed E-state index contributed by atoms with van der Waals surface area (Å²) in [5.41, 5.74) is 0.622. The first kappa shape index (κ1) is 13.2. The Morgan fingerprint density at radius 2 is 2.26 bits per heavy atom. The van der Waals surface area contributed by atoms with E-state index in [1.807, 2.05) is 6.07 Å². The van der Waals surface area contributed by atoms with Gasteiger partial charge < -0.3 is 14.9 Å². The van der Waals surface area contributed by atoms with E-state index in [2.05, 4.69) is 52.3 Å². The Hall–Kier alpha value is -0.830. The quantitative estimate of drug-likeness (QED) is 0.817. The van der Waals surface area contributed by atoms with Crippen LogP contribution in [0.3, 0.4) is 0 Å². The van der Waals surface area contributed by atoms with Gasteiger partial charge in [-0.3, -0.25) is 4.98 Å². The van der Waals surface area contributed by atoms with Crippen LogP contribution in [0, 0.1) is 0 Å². The third-order valence-corrected chi connectivity index (χ3v) is 3.91. The molecule has 0 spiro atoms. The molecule has 2 atom stereocenters. The summed E-state index contributed by atoms with van der Waals surface area (Å²) in [6.45, 7) is 0.544. The number of hydrogen-bond acceptors (Lipinski definition) is 6. The van der Waals surface area contributed by atoms with E-state index in [1.165, 1.54) is 0 Å². The van der Waals surface area contributed by atoms with Gasteiger partial charge in [0.25, 0.3) is 0 Å². The number of hydrogen-bond donors (Lipinski definition) is 2. The monoisotopic (exact) mass is 388 g/mol. The van der Waals surface area contributed by atoms with Gasteiger partial charge in [0, 0.05) is 21.7 Å². The first-order valence-electron chi connectivity index (χ1n) is 5.70. The van der Waals surface area contributed by atoms with Gasteiger partial charge in [0.1, 0.15) is 5.69 Å². The van der Waals surface area contributed by atoms with Crippen molar-refractivity contribution in [2.75, 3.05) is 6.54 Å². The van der Waals surface area contributed by atoms with E-state index in [0.717, 1.165) is 8.95 Å². The summed E-state index contributed by atoms with van der Waals surface area (Å²) < 4.78 is 6.88. The van der Waals surface area contributed by atoms with Gasteiger partial charge in [-0.05, 0) is 44.3 Å². The van der Waals surface area contributed by atoms with Crippen molar-refractivity contribution in [3.8, 4) is 11.5 Å².